The number of nitrogens with one attached hydrogen (secondary N) is 3. The van der Waals surface area contributed by atoms with Gasteiger partial charge in [-0.05, 0) is 36.4 Å². The van der Waals surface area contributed by atoms with Crippen molar-refractivity contribution in [1.29, 1.82) is 0 Å². The zero-order valence-corrected chi connectivity index (χ0v) is 19.1. The third-order valence-corrected chi connectivity index (χ3v) is 5.25. The van der Waals surface area contributed by atoms with E-state index in [0.29, 0.717) is 51.4 Å². The van der Waals surface area contributed by atoms with E-state index in [0.717, 1.165) is 0 Å². The second-order valence-electron chi connectivity index (χ2n) is 7.61. The number of hydrogen-bond donors (Lipinski definition) is 3. The summed E-state index contributed by atoms with van der Waals surface area (Å²) in [6.45, 7) is 0. The van der Waals surface area contributed by atoms with Crippen LogP contribution in [0.4, 0.5) is 0 Å². The minimum absolute atomic E-state index is 0.370. The van der Waals surface area contributed by atoms with E-state index < -0.39 is 7.32 Å². The fourth-order valence-electron chi connectivity index (χ4n) is 3.56. The standard InChI is InChI=1S/C24H18BN9O3/c1-4-10-26-16(7-1)22-19(13-29-32-22)35-25(36-20-14-30-33-23(20)17-8-2-5-11-27-17)37-21-15-31-34-24(21)18-9-3-6-12-28-18/h1-15H,(H,29,32)(H,30,33)(H,31,34). The van der Waals surface area contributed by atoms with Gasteiger partial charge in [-0.3, -0.25) is 30.2 Å². The zero-order valence-electron chi connectivity index (χ0n) is 19.1. The van der Waals surface area contributed by atoms with Crippen LogP contribution in [0.3, 0.4) is 0 Å². The Morgan fingerprint density at radius 2 is 0.838 bits per heavy atom. The number of aromatic amines is 3. The monoisotopic (exact) mass is 491 g/mol. The molecule has 0 aliphatic heterocycles. The highest BCUT2D eigenvalue weighted by molar-refractivity contribution is 6.40. The maximum Gasteiger partial charge on any atom is 0.864 e. The van der Waals surface area contributed by atoms with Crippen LogP contribution in [0, 0.1) is 0 Å². The average molecular weight is 491 g/mol. The molecular formula is C24H18BN9O3. The van der Waals surface area contributed by atoms with Gasteiger partial charge in [0.15, 0.2) is 17.2 Å². The van der Waals surface area contributed by atoms with Crippen molar-refractivity contribution in [2.45, 2.75) is 0 Å². The number of H-pyrrole nitrogens is 3. The molecule has 0 spiro atoms. The molecule has 0 saturated carbocycles. The van der Waals surface area contributed by atoms with Crippen LogP contribution in [0.1, 0.15) is 0 Å². The van der Waals surface area contributed by atoms with Crippen molar-refractivity contribution in [1.82, 2.24) is 45.5 Å². The van der Waals surface area contributed by atoms with Gasteiger partial charge in [-0.15, -0.1) is 0 Å². The van der Waals surface area contributed by atoms with Gasteiger partial charge in [0.2, 0.25) is 0 Å². The van der Waals surface area contributed by atoms with E-state index in [1.54, 1.807) is 18.6 Å². The molecule has 0 aliphatic rings. The highest BCUT2D eigenvalue weighted by Crippen LogP contribution is 2.31. The molecule has 0 saturated heterocycles. The number of pyridine rings is 3. The van der Waals surface area contributed by atoms with Crippen LogP contribution in [0.15, 0.2) is 91.8 Å². The SMILES string of the molecule is c1ccc(-c2[nH]ncc2OB(Oc2cn[nH]c2-c2ccccn2)Oc2cn[nH]c2-c2ccccn2)nc1. The predicted octanol–water partition coefficient (Wildman–Crippen LogP) is 3.56. The zero-order chi connectivity index (χ0) is 24.9. The van der Waals surface area contributed by atoms with Crippen LogP contribution < -0.4 is 14.0 Å². The second kappa shape index (κ2) is 10.0. The lowest BCUT2D eigenvalue weighted by molar-refractivity contribution is 0.309. The molecule has 0 amide bonds. The van der Waals surface area contributed by atoms with Gasteiger partial charge in [0.05, 0.1) is 35.7 Å². The van der Waals surface area contributed by atoms with E-state index in [1.165, 1.54) is 18.6 Å². The molecule has 6 heterocycles. The highest BCUT2D eigenvalue weighted by Gasteiger charge is 2.35. The van der Waals surface area contributed by atoms with Gasteiger partial charge < -0.3 is 14.0 Å². The summed E-state index contributed by atoms with van der Waals surface area (Å²) in [6.07, 6.45) is 9.61. The fraction of sp³-hybridized carbons (Fsp3) is 0. The Morgan fingerprint density at radius 1 is 0.486 bits per heavy atom. The molecule has 13 heteroatoms. The molecule has 6 aromatic rings. The molecular weight excluding hydrogens is 473 g/mol. The topological polar surface area (TPSA) is 152 Å². The lowest BCUT2D eigenvalue weighted by Crippen LogP contribution is -2.37. The highest BCUT2D eigenvalue weighted by atomic mass is 16.7. The quantitative estimate of drug-likeness (QED) is 0.258. The van der Waals surface area contributed by atoms with Crippen molar-refractivity contribution in [2.24, 2.45) is 0 Å². The van der Waals surface area contributed by atoms with Crippen LogP contribution in [0.2, 0.25) is 0 Å². The third kappa shape index (κ3) is 4.73. The van der Waals surface area contributed by atoms with Crippen LogP contribution >= 0.6 is 0 Å². The first kappa shape index (κ1) is 22.0. The van der Waals surface area contributed by atoms with Gasteiger partial charge >= 0.3 is 7.32 Å². The Balaban J connectivity index is 1.34. The van der Waals surface area contributed by atoms with Gasteiger partial charge in [-0.1, -0.05) is 18.2 Å². The number of hydrogen-bond acceptors (Lipinski definition) is 9. The molecule has 12 nitrogen and oxygen atoms in total. The van der Waals surface area contributed by atoms with E-state index in [-0.39, 0.29) is 0 Å². The lowest BCUT2D eigenvalue weighted by atomic mass is 10.1. The first-order chi connectivity index (χ1) is 18.3. The molecule has 0 unspecified atom stereocenters. The van der Waals surface area contributed by atoms with Gasteiger partial charge in [0.25, 0.3) is 0 Å². The average Bonchev–Trinajstić information content (AvgIpc) is 3.72. The Hall–Kier alpha value is -5.46. The summed E-state index contributed by atoms with van der Waals surface area (Å²) in [4.78, 5) is 13.1. The lowest BCUT2D eigenvalue weighted by Gasteiger charge is -2.16. The molecule has 3 N–H and O–H groups in total. The molecule has 6 rings (SSSR count). The summed E-state index contributed by atoms with van der Waals surface area (Å²) in [5.41, 5.74) is 3.61. The summed E-state index contributed by atoms with van der Waals surface area (Å²) < 4.78 is 18.5. The molecule has 0 atom stereocenters. The van der Waals surface area contributed by atoms with E-state index in [1.807, 2.05) is 54.6 Å². The van der Waals surface area contributed by atoms with Gasteiger partial charge in [0, 0.05) is 18.6 Å². The van der Waals surface area contributed by atoms with E-state index in [4.69, 9.17) is 14.0 Å². The molecule has 0 aromatic carbocycles. The molecule has 0 bridgehead atoms. The Morgan fingerprint density at radius 3 is 1.14 bits per heavy atom. The maximum atomic E-state index is 6.17. The van der Waals surface area contributed by atoms with Crippen LogP contribution in [-0.4, -0.2) is 52.9 Å². The summed E-state index contributed by atoms with van der Waals surface area (Å²) in [6, 6.07) is 16.6. The summed E-state index contributed by atoms with van der Waals surface area (Å²) >= 11 is 0. The van der Waals surface area contributed by atoms with Crippen molar-refractivity contribution in [3.63, 3.8) is 0 Å². The Bertz CT molecular complexity index is 1380. The molecule has 180 valence electrons. The van der Waals surface area contributed by atoms with Crippen molar-refractivity contribution in [3.05, 3.63) is 91.8 Å². The smallest absolute Gasteiger partial charge is 0.486 e. The largest absolute Gasteiger partial charge is 0.864 e. The van der Waals surface area contributed by atoms with Gasteiger partial charge in [-0.2, -0.15) is 15.3 Å². The minimum atomic E-state index is -1.28. The molecule has 0 fully saturated rings. The van der Waals surface area contributed by atoms with Crippen molar-refractivity contribution in [2.75, 3.05) is 0 Å². The number of aromatic nitrogens is 9. The first-order valence-corrected chi connectivity index (χ1v) is 11.2. The molecule has 0 aliphatic carbocycles. The number of rotatable bonds is 9. The van der Waals surface area contributed by atoms with E-state index in [9.17, 15) is 0 Å². The van der Waals surface area contributed by atoms with Crippen LogP contribution in [0.25, 0.3) is 34.2 Å². The summed E-state index contributed by atoms with van der Waals surface area (Å²) in [7, 11) is -1.28. The van der Waals surface area contributed by atoms with Crippen LogP contribution in [-0.2, 0) is 0 Å². The van der Waals surface area contributed by atoms with Crippen molar-refractivity contribution < 1.29 is 14.0 Å². The molecule has 0 radical (unpaired) electrons. The molecule has 37 heavy (non-hydrogen) atoms. The fourth-order valence-corrected chi connectivity index (χ4v) is 3.56. The minimum Gasteiger partial charge on any atom is -0.486 e. The van der Waals surface area contributed by atoms with Crippen molar-refractivity contribution in [3.8, 4) is 51.4 Å². The van der Waals surface area contributed by atoms with E-state index in [2.05, 4.69) is 45.5 Å². The Kier molecular flexibility index (Phi) is 5.98. The predicted molar refractivity (Wildman–Crippen MR) is 133 cm³/mol. The number of nitrogens with zero attached hydrogens (tertiary/aromatic N) is 6. The van der Waals surface area contributed by atoms with Crippen LogP contribution in [0.5, 0.6) is 17.2 Å². The maximum absolute atomic E-state index is 6.17. The van der Waals surface area contributed by atoms with Gasteiger partial charge in [-0.25, -0.2) is 0 Å². The second-order valence-corrected chi connectivity index (χ2v) is 7.61. The van der Waals surface area contributed by atoms with E-state index >= 15 is 0 Å². The third-order valence-electron chi connectivity index (χ3n) is 5.25. The van der Waals surface area contributed by atoms with Gasteiger partial charge in [0.1, 0.15) is 17.1 Å². The normalized spacial score (nSPS) is 10.7. The molecule has 6 aromatic heterocycles. The summed E-state index contributed by atoms with van der Waals surface area (Å²) in [5.74, 6) is 1.11. The Labute approximate surface area is 210 Å². The first-order valence-electron chi connectivity index (χ1n) is 11.2. The summed E-state index contributed by atoms with van der Waals surface area (Å²) in [5, 5.41) is 21.1. The van der Waals surface area contributed by atoms with Crippen molar-refractivity contribution >= 4 is 7.32 Å².